The number of phosphoric acid groups is 2. The van der Waals surface area contributed by atoms with Crippen LogP contribution < -0.4 is 0 Å². The maximum Gasteiger partial charge on any atom is 0.472 e. The van der Waals surface area contributed by atoms with Gasteiger partial charge < -0.3 is 33.8 Å². The summed E-state index contributed by atoms with van der Waals surface area (Å²) < 4.78 is 68.1. The quantitative estimate of drug-likeness (QED) is 0.0222. The van der Waals surface area contributed by atoms with Gasteiger partial charge in [-0.1, -0.05) is 298 Å². The van der Waals surface area contributed by atoms with Crippen LogP contribution in [-0.2, 0) is 65.4 Å². The first kappa shape index (κ1) is 86.1. The van der Waals surface area contributed by atoms with Crippen LogP contribution in [-0.4, -0.2) is 96.7 Å². The molecule has 0 bridgehead atoms. The summed E-state index contributed by atoms with van der Waals surface area (Å²) >= 11 is 0. The summed E-state index contributed by atoms with van der Waals surface area (Å²) in [5, 5.41) is 10.6. The Labute approximate surface area is 537 Å². The van der Waals surface area contributed by atoms with Gasteiger partial charge in [-0.3, -0.25) is 37.3 Å². The van der Waals surface area contributed by atoms with E-state index in [0.717, 1.165) is 115 Å². The second-order valence-corrected chi connectivity index (χ2v) is 28.8. The van der Waals surface area contributed by atoms with Gasteiger partial charge in [0.2, 0.25) is 0 Å². The summed E-state index contributed by atoms with van der Waals surface area (Å²) in [6, 6.07) is 0. The fraction of sp³-hybridized carbons (Fsp3) is 0.942. The van der Waals surface area contributed by atoms with Gasteiger partial charge in [-0.05, 0) is 37.5 Å². The SMILES string of the molecule is CCCCCCCCCCC(=O)OC[C@H](COP(=O)(O)OC[C@H](O)COP(=O)(O)OC[C@@H](COC(=O)CCCCCCCCCCCCC(C)C)OC(=O)CCCCCCCCCCCCCCCCCCC(C)C)OC(=O)CCCCCCCCCC. The normalized spacial score (nSPS) is 14.2. The van der Waals surface area contributed by atoms with E-state index in [4.69, 9.17) is 37.0 Å². The first-order chi connectivity index (χ1) is 42.4. The highest BCUT2D eigenvalue weighted by molar-refractivity contribution is 7.47. The Morgan fingerprint density at radius 1 is 0.307 bits per heavy atom. The van der Waals surface area contributed by atoms with Gasteiger partial charge in [0.05, 0.1) is 26.4 Å². The van der Waals surface area contributed by atoms with Crippen molar-refractivity contribution in [3.05, 3.63) is 0 Å². The van der Waals surface area contributed by atoms with E-state index in [1.54, 1.807) is 0 Å². The Balaban J connectivity index is 5.17. The molecule has 0 aromatic rings. The maximum atomic E-state index is 13.0. The summed E-state index contributed by atoms with van der Waals surface area (Å²) in [6.07, 6.45) is 46.0. The van der Waals surface area contributed by atoms with Crippen molar-refractivity contribution in [2.45, 2.75) is 368 Å². The Morgan fingerprint density at radius 2 is 0.523 bits per heavy atom. The van der Waals surface area contributed by atoms with Crippen LogP contribution in [0.3, 0.4) is 0 Å². The molecule has 3 N–H and O–H groups in total. The lowest BCUT2D eigenvalue weighted by molar-refractivity contribution is -0.161. The molecule has 522 valence electrons. The molecule has 0 aliphatic rings. The average Bonchev–Trinajstić information content (AvgIpc) is 3.62. The minimum atomic E-state index is -4.95. The fourth-order valence-electron chi connectivity index (χ4n) is 10.4. The zero-order valence-electron chi connectivity index (χ0n) is 57.0. The first-order valence-electron chi connectivity index (χ1n) is 36.0. The summed E-state index contributed by atoms with van der Waals surface area (Å²) in [6.45, 7) is 9.51. The lowest BCUT2D eigenvalue weighted by atomic mass is 10.0. The smallest absolute Gasteiger partial charge is 0.462 e. The van der Waals surface area contributed by atoms with Crippen LogP contribution in [0.5, 0.6) is 0 Å². The van der Waals surface area contributed by atoms with Gasteiger partial charge in [0, 0.05) is 25.7 Å². The van der Waals surface area contributed by atoms with Gasteiger partial charge in [-0.2, -0.15) is 0 Å². The number of unbranched alkanes of at least 4 members (excludes halogenated alkanes) is 38. The Bertz CT molecular complexity index is 1720. The summed E-state index contributed by atoms with van der Waals surface area (Å²) in [5.74, 6) is -0.563. The van der Waals surface area contributed by atoms with Crippen molar-refractivity contribution in [1.29, 1.82) is 0 Å². The van der Waals surface area contributed by atoms with Crippen LogP contribution in [0.1, 0.15) is 350 Å². The maximum absolute atomic E-state index is 13.0. The van der Waals surface area contributed by atoms with Crippen LogP contribution in [0.4, 0.5) is 0 Å². The molecule has 2 unspecified atom stereocenters. The molecule has 0 heterocycles. The van der Waals surface area contributed by atoms with Crippen molar-refractivity contribution in [1.82, 2.24) is 0 Å². The van der Waals surface area contributed by atoms with Gasteiger partial charge in [-0.25, -0.2) is 9.13 Å². The van der Waals surface area contributed by atoms with Crippen LogP contribution in [0.2, 0.25) is 0 Å². The number of phosphoric ester groups is 2. The molecule has 5 atom stereocenters. The molecule has 0 aliphatic heterocycles. The molecule has 0 spiro atoms. The van der Waals surface area contributed by atoms with E-state index in [9.17, 15) is 43.2 Å². The zero-order valence-corrected chi connectivity index (χ0v) is 58.8. The number of hydrogen-bond donors (Lipinski definition) is 3. The highest BCUT2D eigenvalue weighted by atomic mass is 31.2. The predicted molar refractivity (Wildman–Crippen MR) is 354 cm³/mol. The molecule has 0 saturated heterocycles. The number of hydrogen-bond acceptors (Lipinski definition) is 15. The Kier molecular flexibility index (Phi) is 59.9. The molecule has 0 aromatic carbocycles. The van der Waals surface area contributed by atoms with Gasteiger partial charge in [0.1, 0.15) is 19.3 Å². The van der Waals surface area contributed by atoms with Crippen molar-refractivity contribution in [2.75, 3.05) is 39.6 Å². The van der Waals surface area contributed by atoms with Crippen LogP contribution in [0.15, 0.2) is 0 Å². The topological polar surface area (TPSA) is 237 Å². The van der Waals surface area contributed by atoms with Crippen molar-refractivity contribution in [3.63, 3.8) is 0 Å². The number of ether oxygens (including phenoxy) is 4. The Morgan fingerprint density at radius 3 is 0.773 bits per heavy atom. The lowest BCUT2D eigenvalue weighted by Gasteiger charge is -2.21. The minimum absolute atomic E-state index is 0.105. The van der Waals surface area contributed by atoms with Crippen LogP contribution >= 0.6 is 15.6 Å². The van der Waals surface area contributed by atoms with Gasteiger partial charge in [0.25, 0.3) is 0 Å². The fourth-order valence-corrected chi connectivity index (χ4v) is 12.0. The molecule has 0 radical (unpaired) electrons. The number of carbonyl (C=O) groups excluding carboxylic acids is 4. The van der Waals surface area contributed by atoms with Crippen molar-refractivity contribution < 1.29 is 80.2 Å². The third-order valence-electron chi connectivity index (χ3n) is 16.0. The first-order valence-corrected chi connectivity index (χ1v) is 39.0. The van der Waals surface area contributed by atoms with E-state index >= 15 is 0 Å². The number of carbonyl (C=O) groups is 4. The van der Waals surface area contributed by atoms with Crippen LogP contribution in [0.25, 0.3) is 0 Å². The molecule has 19 heteroatoms. The largest absolute Gasteiger partial charge is 0.472 e. The van der Waals surface area contributed by atoms with Crippen molar-refractivity contribution in [2.24, 2.45) is 11.8 Å². The number of esters is 4. The number of aliphatic hydroxyl groups is 1. The number of rotatable bonds is 68. The minimum Gasteiger partial charge on any atom is -0.462 e. The highest BCUT2D eigenvalue weighted by Crippen LogP contribution is 2.45. The van der Waals surface area contributed by atoms with E-state index in [2.05, 4.69) is 41.5 Å². The summed E-state index contributed by atoms with van der Waals surface area (Å²) in [5.41, 5.74) is 0. The van der Waals surface area contributed by atoms with E-state index in [-0.39, 0.29) is 25.7 Å². The molecule has 0 aliphatic carbocycles. The van der Waals surface area contributed by atoms with Gasteiger partial charge in [0.15, 0.2) is 12.2 Å². The molecular weight excluding hydrogens is 1160 g/mol. The predicted octanol–water partition coefficient (Wildman–Crippen LogP) is 19.6. The Hall–Kier alpha value is -1.94. The molecule has 0 fully saturated rings. The molecular formula is C69H134O17P2. The monoisotopic (exact) mass is 1300 g/mol. The molecule has 88 heavy (non-hydrogen) atoms. The van der Waals surface area contributed by atoms with Gasteiger partial charge >= 0.3 is 39.5 Å². The van der Waals surface area contributed by atoms with E-state index < -0.39 is 97.5 Å². The molecule has 17 nitrogen and oxygen atoms in total. The lowest BCUT2D eigenvalue weighted by Crippen LogP contribution is -2.30. The standard InChI is InChI=1S/C69H134O17P2/c1-7-9-11-13-15-33-39-45-51-66(71)79-57-64(85-68(73)53-47-41-34-16-14-12-10-8-2)59-83-87(75,76)81-55-63(70)56-82-88(77,78)84-60-65(58-80-67(72)52-46-40-35-29-26-25-28-32-38-44-50-62(5)6)86-69(74)54-48-42-36-30-24-22-20-18-17-19-21-23-27-31-37-43-49-61(3)4/h61-65,70H,7-60H2,1-6H3,(H,75,76)(H,77,78)/t63-,64+,65+/m0/s1. The summed E-state index contributed by atoms with van der Waals surface area (Å²) in [7, 11) is -9.89. The van der Waals surface area contributed by atoms with Crippen molar-refractivity contribution in [3.8, 4) is 0 Å². The average molecular weight is 1300 g/mol. The summed E-state index contributed by atoms with van der Waals surface area (Å²) in [4.78, 5) is 72.3. The second kappa shape index (κ2) is 61.3. The van der Waals surface area contributed by atoms with E-state index in [0.29, 0.717) is 25.7 Å². The molecule has 0 saturated carbocycles. The third-order valence-corrected chi connectivity index (χ3v) is 17.9. The van der Waals surface area contributed by atoms with E-state index in [1.165, 1.54) is 154 Å². The zero-order chi connectivity index (χ0) is 65.0. The van der Waals surface area contributed by atoms with Crippen LogP contribution in [0, 0.1) is 11.8 Å². The third kappa shape index (κ3) is 62.8. The molecule has 0 aromatic heterocycles. The van der Waals surface area contributed by atoms with Gasteiger partial charge in [-0.15, -0.1) is 0 Å². The molecule has 0 amide bonds. The highest BCUT2D eigenvalue weighted by Gasteiger charge is 2.30. The second-order valence-electron chi connectivity index (χ2n) is 25.9. The van der Waals surface area contributed by atoms with E-state index in [1.807, 2.05) is 0 Å². The van der Waals surface area contributed by atoms with Crippen molar-refractivity contribution >= 4 is 39.5 Å². The number of aliphatic hydroxyl groups excluding tert-OH is 1. The molecule has 0 rings (SSSR count).